The third-order valence-electron chi connectivity index (χ3n) is 4.40. The van der Waals surface area contributed by atoms with Gasteiger partial charge in [0.15, 0.2) is 0 Å². The molecule has 0 radical (unpaired) electrons. The van der Waals surface area contributed by atoms with E-state index in [1.165, 1.54) is 19.3 Å². The minimum Gasteiger partial charge on any atom is -0.352 e. The molecule has 1 N–H and O–H groups in total. The quantitative estimate of drug-likeness (QED) is 0.831. The fourth-order valence-electron chi connectivity index (χ4n) is 3.27. The van der Waals surface area contributed by atoms with Crippen molar-refractivity contribution in [2.75, 3.05) is 33.7 Å². The van der Waals surface area contributed by atoms with Gasteiger partial charge in [-0.25, -0.2) is 0 Å². The molecule has 2 amide bonds. The van der Waals surface area contributed by atoms with Crippen molar-refractivity contribution >= 4 is 11.8 Å². The highest BCUT2D eigenvalue weighted by atomic mass is 16.2. The van der Waals surface area contributed by atoms with Crippen LogP contribution in [0.3, 0.4) is 0 Å². The van der Waals surface area contributed by atoms with Crippen LogP contribution in [-0.4, -0.2) is 61.4 Å². The van der Waals surface area contributed by atoms with Crippen LogP contribution in [0.1, 0.15) is 38.5 Å². The van der Waals surface area contributed by atoms with Gasteiger partial charge in [-0.05, 0) is 25.8 Å². The molecule has 0 aromatic carbocycles. The Morgan fingerprint density at radius 3 is 2.50 bits per heavy atom. The van der Waals surface area contributed by atoms with E-state index in [9.17, 15) is 9.59 Å². The van der Waals surface area contributed by atoms with E-state index in [2.05, 4.69) is 10.2 Å². The summed E-state index contributed by atoms with van der Waals surface area (Å²) in [4.78, 5) is 27.7. The normalized spacial score (nSPS) is 24.6. The number of hydrogen-bond acceptors (Lipinski definition) is 3. The van der Waals surface area contributed by atoms with Gasteiger partial charge in [0.05, 0.1) is 12.5 Å². The molecule has 0 aromatic rings. The number of carbonyl (C=O) groups excluding carboxylic acids is 2. The molecule has 2 rings (SSSR count). The lowest BCUT2D eigenvalue weighted by Gasteiger charge is -2.24. The van der Waals surface area contributed by atoms with E-state index in [1.54, 1.807) is 19.0 Å². The zero-order valence-electron chi connectivity index (χ0n) is 12.7. The third kappa shape index (κ3) is 4.20. The smallest absolute Gasteiger partial charge is 0.234 e. The summed E-state index contributed by atoms with van der Waals surface area (Å²) < 4.78 is 0. The van der Waals surface area contributed by atoms with E-state index in [-0.39, 0.29) is 17.7 Å². The van der Waals surface area contributed by atoms with Crippen LogP contribution in [0.5, 0.6) is 0 Å². The Hall–Kier alpha value is -1.10. The van der Waals surface area contributed by atoms with Crippen LogP contribution < -0.4 is 5.32 Å². The minimum absolute atomic E-state index is 0.0625. The topological polar surface area (TPSA) is 52.7 Å². The number of likely N-dealkylation sites (tertiary alicyclic amines) is 1. The lowest BCUT2D eigenvalue weighted by Crippen LogP contribution is -2.42. The monoisotopic (exact) mass is 281 g/mol. The van der Waals surface area contributed by atoms with Crippen molar-refractivity contribution in [1.29, 1.82) is 0 Å². The fourth-order valence-corrected chi connectivity index (χ4v) is 3.27. The van der Waals surface area contributed by atoms with Crippen molar-refractivity contribution in [3.63, 3.8) is 0 Å². The molecule has 20 heavy (non-hydrogen) atoms. The summed E-state index contributed by atoms with van der Waals surface area (Å²) in [6, 6.07) is 0.373. The predicted octanol–water partition coefficient (Wildman–Crippen LogP) is 0.845. The van der Waals surface area contributed by atoms with Crippen LogP contribution in [0.25, 0.3) is 0 Å². The Morgan fingerprint density at radius 2 is 1.85 bits per heavy atom. The Balaban J connectivity index is 1.71. The molecule has 2 aliphatic rings. The van der Waals surface area contributed by atoms with E-state index < -0.39 is 0 Å². The predicted molar refractivity (Wildman–Crippen MR) is 78.3 cm³/mol. The maximum atomic E-state index is 12.0. The van der Waals surface area contributed by atoms with Gasteiger partial charge in [-0.1, -0.05) is 19.3 Å². The maximum Gasteiger partial charge on any atom is 0.234 e. The molecule has 5 nitrogen and oxygen atoms in total. The summed E-state index contributed by atoms with van der Waals surface area (Å²) in [6.07, 6.45) is 6.86. The van der Waals surface area contributed by atoms with E-state index in [1.807, 2.05) is 0 Å². The summed E-state index contributed by atoms with van der Waals surface area (Å²) in [5.41, 5.74) is 0. The van der Waals surface area contributed by atoms with Crippen molar-refractivity contribution in [3.8, 4) is 0 Å². The van der Waals surface area contributed by atoms with E-state index in [0.29, 0.717) is 12.6 Å². The third-order valence-corrected chi connectivity index (χ3v) is 4.40. The second kappa shape index (κ2) is 7.07. The number of nitrogens with one attached hydrogen (secondary N) is 1. The molecule has 1 saturated carbocycles. The van der Waals surface area contributed by atoms with Crippen molar-refractivity contribution in [2.24, 2.45) is 5.92 Å². The Morgan fingerprint density at radius 1 is 1.15 bits per heavy atom. The van der Waals surface area contributed by atoms with Crippen molar-refractivity contribution in [3.05, 3.63) is 0 Å². The molecule has 5 heteroatoms. The summed E-state index contributed by atoms with van der Waals surface area (Å²) in [7, 11) is 3.58. The maximum absolute atomic E-state index is 12.0. The Labute approximate surface area is 121 Å². The van der Waals surface area contributed by atoms with Gasteiger partial charge in [-0.2, -0.15) is 0 Å². The summed E-state index contributed by atoms with van der Waals surface area (Å²) in [5, 5.41) is 3.14. The zero-order valence-corrected chi connectivity index (χ0v) is 12.7. The molecule has 114 valence electrons. The zero-order chi connectivity index (χ0) is 14.5. The van der Waals surface area contributed by atoms with Crippen LogP contribution in [-0.2, 0) is 9.59 Å². The van der Waals surface area contributed by atoms with Gasteiger partial charge < -0.3 is 10.2 Å². The van der Waals surface area contributed by atoms with Crippen molar-refractivity contribution in [2.45, 2.75) is 44.6 Å². The average molecular weight is 281 g/mol. The SMILES string of the molecule is CN(C)C(=O)C1CCN(CC(=O)NC2CCCCC2)C1. The van der Waals surface area contributed by atoms with Gasteiger partial charge in [0.1, 0.15) is 0 Å². The first-order chi connectivity index (χ1) is 9.56. The molecular formula is C15H27N3O2. The molecule has 0 aromatic heterocycles. The van der Waals surface area contributed by atoms with Gasteiger partial charge >= 0.3 is 0 Å². The number of amides is 2. The van der Waals surface area contributed by atoms with Gasteiger partial charge in [0, 0.05) is 26.7 Å². The number of carbonyl (C=O) groups is 2. The Bertz CT molecular complexity index is 351. The highest BCUT2D eigenvalue weighted by Crippen LogP contribution is 2.19. The second-order valence-electron chi connectivity index (χ2n) is 6.36. The first kappa shape index (κ1) is 15.3. The van der Waals surface area contributed by atoms with Gasteiger partial charge in [-0.3, -0.25) is 14.5 Å². The molecule has 1 saturated heterocycles. The van der Waals surface area contributed by atoms with Crippen LogP contribution in [0.2, 0.25) is 0 Å². The molecule has 1 heterocycles. The Kier molecular flexibility index (Phi) is 5.40. The van der Waals surface area contributed by atoms with Gasteiger partial charge in [0.2, 0.25) is 11.8 Å². The standard InChI is InChI=1S/C15H27N3O2/c1-17(2)15(20)12-8-9-18(10-12)11-14(19)16-13-6-4-3-5-7-13/h12-13H,3-11H2,1-2H3,(H,16,19). The van der Waals surface area contributed by atoms with Gasteiger partial charge in [-0.15, -0.1) is 0 Å². The summed E-state index contributed by atoms with van der Waals surface area (Å²) in [6.45, 7) is 2.01. The molecule has 1 aliphatic carbocycles. The van der Waals surface area contributed by atoms with Crippen molar-refractivity contribution < 1.29 is 9.59 Å². The van der Waals surface area contributed by atoms with Crippen LogP contribution in [0, 0.1) is 5.92 Å². The van der Waals surface area contributed by atoms with E-state index in [0.717, 1.165) is 32.4 Å². The van der Waals surface area contributed by atoms with Crippen LogP contribution in [0.4, 0.5) is 0 Å². The average Bonchev–Trinajstić information content (AvgIpc) is 2.87. The van der Waals surface area contributed by atoms with Crippen molar-refractivity contribution in [1.82, 2.24) is 15.1 Å². The number of hydrogen-bond donors (Lipinski definition) is 1. The molecule has 1 atom stereocenters. The molecule has 0 bridgehead atoms. The van der Waals surface area contributed by atoms with E-state index >= 15 is 0 Å². The lowest BCUT2D eigenvalue weighted by atomic mass is 9.95. The minimum atomic E-state index is 0.0625. The largest absolute Gasteiger partial charge is 0.352 e. The highest BCUT2D eigenvalue weighted by Gasteiger charge is 2.30. The van der Waals surface area contributed by atoms with Crippen LogP contribution >= 0.6 is 0 Å². The molecule has 1 unspecified atom stereocenters. The lowest BCUT2D eigenvalue weighted by molar-refractivity contribution is -0.132. The van der Waals surface area contributed by atoms with Crippen LogP contribution in [0.15, 0.2) is 0 Å². The summed E-state index contributed by atoms with van der Waals surface area (Å²) >= 11 is 0. The molecule has 1 aliphatic heterocycles. The van der Waals surface area contributed by atoms with Gasteiger partial charge in [0.25, 0.3) is 0 Å². The summed E-state index contributed by atoms with van der Waals surface area (Å²) in [5.74, 6) is 0.363. The molecule has 2 fully saturated rings. The number of nitrogens with zero attached hydrogens (tertiary/aromatic N) is 2. The first-order valence-corrected chi connectivity index (χ1v) is 7.79. The highest BCUT2D eigenvalue weighted by molar-refractivity contribution is 5.80. The molecular weight excluding hydrogens is 254 g/mol. The second-order valence-corrected chi connectivity index (χ2v) is 6.36. The molecule has 0 spiro atoms. The number of rotatable bonds is 4. The van der Waals surface area contributed by atoms with E-state index in [4.69, 9.17) is 0 Å². The fraction of sp³-hybridized carbons (Fsp3) is 0.867. The first-order valence-electron chi connectivity index (χ1n) is 7.79.